The number of nitrogens with two attached hydrogens (primary N) is 1. The summed E-state index contributed by atoms with van der Waals surface area (Å²) in [7, 11) is 1.98. The lowest BCUT2D eigenvalue weighted by molar-refractivity contribution is 0.233. The number of rotatable bonds is 12. The van der Waals surface area contributed by atoms with Gasteiger partial charge in [-0.25, -0.2) is 0 Å². The zero-order chi connectivity index (χ0) is 24.8. The quantitative estimate of drug-likeness (QED) is 0.307. The Bertz CT molecular complexity index is 910. The number of nitrogens with one attached hydrogen (secondary N) is 3. The van der Waals surface area contributed by atoms with Crippen LogP contribution in [0.5, 0.6) is 0 Å². The predicted molar refractivity (Wildman–Crippen MR) is 149 cm³/mol. The van der Waals surface area contributed by atoms with Gasteiger partial charge in [0.2, 0.25) is 0 Å². The third kappa shape index (κ3) is 9.24. The molecule has 1 saturated heterocycles. The maximum absolute atomic E-state index is 6.14. The summed E-state index contributed by atoms with van der Waals surface area (Å²) in [5.41, 5.74) is 13.9. The van der Waals surface area contributed by atoms with Crippen LogP contribution >= 0.6 is 0 Å². The number of benzene rings is 1. The highest BCUT2D eigenvalue weighted by Gasteiger charge is 2.11. The molecule has 1 aromatic carbocycles. The van der Waals surface area contributed by atoms with E-state index in [1.54, 1.807) is 0 Å². The molecular formula is C29H45N5. The van der Waals surface area contributed by atoms with Gasteiger partial charge in [0.1, 0.15) is 0 Å². The Morgan fingerprint density at radius 2 is 1.94 bits per heavy atom. The fourth-order valence-corrected chi connectivity index (χ4v) is 4.06. The van der Waals surface area contributed by atoms with E-state index in [9.17, 15) is 0 Å². The number of allylic oxidation sites excluding steroid dienone is 7. The Morgan fingerprint density at radius 1 is 1.18 bits per heavy atom. The van der Waals surface area contributed by atoms with Gasteiger partial charge in [-0.05, 0) is 73.4 Å². The lowest BCUT2D eigenvalue weighted by Crippen LogP contribution is -2.42. The maximum atomic E-state index is 6.14. The summed E-state index contributed by atoms with van der Waals surface area (Å²) in [4.78, 5) is 2.51. The van der Waals surface area contributed by atoms with Gasteiger partial charge in [-0.2, -0.15) is 0 Å². The number of hydrogen-bond acceptors (Lipinski definition) is 5. The van der Waals surface area contributed by atoms with Crippen molar-refractivity contribution in [2.45, 2.75) is 53.5 Å². The van der Waals surface area contributed by atoms with Gasteiger partial charge in [0.15, 0.2) is 0 Å². The minimum atomic E-state index is 0.780. The maximum Gasteiger partial charge on any atom is 0.0480 e. The third-order valence-electron chi connectivity index (χ3n) is 5.82. The monoisotopic (exact) mass is 463 g/mol. The van der Waals surface area contributed by atoms with Gasteiger partial charge in [-0.3, -0.25) is 4.90 Å². The van der Waals surface area contributed by atoms with Crippen molar-refractivity contribution >= 4 is 11.8 Å². The van der Waals surface area contributed by atoms with Crippen molar-refractivity contribution < 1.29 is 0 Å². The lowest BCUT2D eigenvalue weighted by atomic mass is 10.0. The molecule has 1 aromatic rings. The second-order valence-electron chi connectivity index (χ2n) is 8.88. The van der Waals surface area contributed by atoms with Crippen molar-refractivity contribution in [3.63, 3.8) is 0 Å². The average Bonchev–Trinajstić information content (AvgIpc) is 2.82. The summed E-state index contributed by atoms with van der Waals surface area (Å²) >= 11 is 0. The zero-order valence-electron chi connectivity index (χ0n) is 21.9. The minimum absolute atomic E-state index is 0.780. The first kappa shape index (κ1) is 27.5. The van der Waals surface area contributed by atoms with E-state index >= 15 is 0 Å². The van der Waals surface area contributed by atoms with Gasteiger partial charge < -0.3 is 21.7 Å². The van der Waals surface area contributed by atoms with Crippen molar-refractivity contribution in [1.29, 1.82) is 0 Å². The van der Waals surface area contributed by atoms with Crippen LogP contribution < -0.4 is 21.7 Å². The van der Waals surface area contributed by atoms with Gasteiger partial charge in [0.05, 0.1) is 0 Å². The SMILES string of the molecule is CC/C=C(C)/C(N/C=C\CCC)=C(/C=C/c1cc(CN2CCNCC2)ccc1NC)\C=C(/C)N. The van der Waals surface area contributed by atoms with E-state index in [0.717, 1.165) is 74.6 Å². The summed E-state index contributed by atoms with van der Waals surface area (Å²) < 4.78 is 0. The molecule has 5 heteroatoms. The molecule has 0 aromatic heterocycles. The summed E-state index contributed by atoms with van der Waals surface area (Å²) in [5.74, 6) is 0. The van der Waals surface area contributed by atoms with Crippen molar-refractivity contribution in [2.75, 3.05) is 38.5 Å². The van der Waals surface area contributed by atoms with Crippen LogP contribution in [0.2, 0.25) is 0 Å². The van der Waals surface area contributed by atoms with Gasteiger partial charge in [0, 0.05) is 56.9 Å². The molecule has 0 amide bonds. The number of unbranched alkanes of at least 4 members (excludes halogenated alkanes) is 1. The van der Waals surface area contributed by atoms with Crippen LogP contribution in [0.1, 0.15) is 58.1 Å². The second kappa shape index (κ2) is 15.2. The highest BCUT2D eigenvalue weighted by Crippen LogP contribution is 2.23. The Balaban J connectivity index is 2.43. The summed E-state index contributed by atoms with van der Waals surface area (Å²) in [5, 5.41) is 10.3. The summed E-state index contributed by atoms with van der Waals surface area (Å²) in [6, 6.07) is 6.70. The molecule has 5 N–H and O–H groups in total. The summed E-state index contributed by atoms with van der Waals surface area (Å²) in [6.45, 7) is 13.7. The molecule has 0 spiro atoms. The predicted octanol–water partition coefficient (Wildman–Crippen LogP) is 5.52. The first-order chi connectivity index (χ1) is 16.5. The molecule has 34 heavy (non-hydrogen) atoms. The van der Waals surface area contributed by atoms with Gasteiger partial charge in [0.25, 0.3) is 0 Å². The fraction of sp³-hybridized carbons (Fsp3) is 0.448. The van der Waals surface area contributed by atoms with Crippen LogP contribution in [0.15, 0.2) is 71.2 Å². The van der Waals surface area contributed by atoms with Crippen LogP contribution in [0.3, 0.4) is 0 Å². The second-order valence-corrected chi connectivity index (χ2v) is 8.88. The van der Waals surface area contributed by atoms with Gasteiger partial charge in [-0.15, -0.1) is 0 Å². The van der Waals surface area contributed by atoms with Gasteiger partial charge in [-0.1, -0.05) is 50.6 Å². The molecule has 2 rings (SSSR count). The highest BCUT2D eigenvalue weighted by molar-refractivity contribution is 5.69. The van der Waals surface area contributed by atoms with Crippen LogP contribution in [0.25, 0.3) is 6.08 Å². The molecule has 0 atom stereocenters. The van der Waals surface area contributed by atoms with E-state index in [0.29, 0.717) is 0 Å². The van der Waals surface area contributed by atoms with E-state index in [-0.39, 0.29) is 0 Å². The Labute approximate surface area is 207 Å². The molecule has 0 unspecified atom stereocenters. The van der Waals surface area contributed by atoms with E-state index in [2.05, 4.69) is 84.1 Å². The molecule has 1 heterocycles. The zero-order valence-corrected chi connectivity index (χ0v) is 21.9. The van der Waals surface area contributed by atoms with Crippen LogP contribution in [-0.2, 0) is 6.54 Å². The Morgan fingerprint density at radius 3 is 2.59 bits per heavy atom. The van der Waals surface area contributed by atoms with Crippen LogP contribution in [0.4, 0.5) is 5.69 Å². The number of anilines is 1. The molecule has 0 radical (unpaired) electrons. The van der Waals surface area contributed by atoms with Crippen molar-refractivity contribution in [3.8, 4) is 0 Å². The van der Waals surface area contributed by atoms with E-state index in [1.165, 1.54) is 16.7 Å². The fourth-order valence-electron chi connectivity index (χ4n) is 4.06. The molecule has 0 saturated carbocycles. The highest BCUT2D eigenvalue weighted by atomic mass is 15.2. The molecule has 186 valence electrons. The van der Waals surface area contributed by atoms with Crippen molar-refractivity contribution in [2.24, 2.45) is 5.73 Å². The van der Waals surface area contributed by atoms with E-state index in [1.807, 2.05) is 26.2 Å². The van der Waals surface area contributed by atoms with Gasteiger partial charge >= 0.3 is 0 Å². The lowest BCUT2D eigenvalue weighted by Gasteiger charge is -2.27. The Kier molecular flexibility index (Phi) is 12.3. The standard InChI is InChI=1S/C29H45N5/c1-6-8-9-15-33-29(23(3)10-7-2)27(20-24(4)30)13-12-26-21-25(11-14-28(26)31-5)22-34-18-16-32-17-19-34/h9-15,20-21,31-33H,6-8,16-19,22,30H2,1-5H3/b13-12+,15-9-,23-10+,24-20+,29-27+. The molecule has 0 bridgehead atoms. The summed E-state index contributed by atoms with van der Waals surface area (Å²) in [6.07, 6.45) is 16.1. The number of piperazine rings is 1. The molecule has 5 nitrogen and oxygen atoms in total. The molecule has 0 aliphatic carbocycles. The van der Waals surface area contributed by atoms with Crippen LogP contribution in [0, 0.1) is 0 Å². The van der Waals surface area contributed by atoms with E-state index in [4.69, 9.17) is 5.73 Å². The number of nitrogens with zero attached hydrogens (tertiary/aromatic N) is 1. The normalized spacial score (nSPS) is 16.9. The smallest absolute Gasteiger partial charge is 0.0480 e. The average molecular weight is 464 g/mol. The largest absolute Gasteiger partial charge is 0.402 e. The molecule has 1 aliphatic heterocycles. The Hall–Kier alpha value is -2.76. The van der Waals surface area contributed by atoms with Crippen molar-refractivity contribution in [1.82, 2.24) is 15.5 Å². The minimum Gasteiger partial charge on any atom is -0.402 e. The molecule has 1 fully saturated rings. The van der Waals surface area contributed by atoms with E-state index < -0.39 is 0 Å². The molecule has 1 aliphatic rings. The van der Waals surface area contributed by atoms with Crippen LogP contribution in [-0.4, -0.2) is 38.1 Å². The first-order valence-corrected chi connectivity index (χ1v) is 12.7. The topological polar surface area (TPSA) is 65.3 Å². The number of hydrogen-bond donors (Lipinski definition) is 4. The molecular weight excluding hydrogens is 418 g/mol. The van der Waals surface area contributed by atoms with Crippen molar-refractivity contribution in [3.05, 3.63) is 82.4 Å². The first-order valence-electron chi connectivity index (χ1n) is 12.7. The third-order valence-corrected chi connectivity index (χ3v) is 5.82.